The van der Waals surface area contributed by atoms with Crippen molar-refractivity contribution in [1.82, 2.24) is 9.80 Å². The van der Waals surface area contributed by atoms with Crippen LogP contribution in [-0.2, 0) is 14.3 Å². The molecule has 1 atom stereocenters. The van der Waals surface area contributed by atoms with Gasteiger partial charge in [-0.05, 0) is 30.7 Å². The van der Waals surface area contributed by atoms with Gasteiger partial charge < -0.3 is 24.0 Å². The first-order valence-corrected chi connectivity index (χ1v) is 10.3. The van der Waals surface area contributed by atoms with Crippen molar-refractivity contribution in [3.63, 3.8) is 0 Å². The second-order valence-corrected chi connectivity index (χ2v) is 7.58. The number of ether oxygens (including phenoxy) is 3. The van der Waals surface area contributed by atoms with Crippen molar-refractivity contribution in [2.75, 3.05) is 46.0 Å². The molecule has 2 amide bonds. The van der Waals surface area contributed by atoms with Crippen molar-refractivity contribution < 1.29 is 28.2 Å². The highest BCUT2D eigenvalue weighted by atomic mass is 19.1. The third-order valence-corrected chi connectivity index (χ3v) is 5.38. The lowest BCUT2D eigenvalue weighted by Gasteiger charge is -2.43. The minimum Gasteiger partial charge on any atom is -0.484 e. The van der Waals surface area contributed by atoms with Gasteiger partial charge in [0.1, 0.15) is 11.6 Å². The molecule has 1 spiro atoms. The molecule has 2 fully saturated rings. The highest BCUT2D eigenvalue weighted by Crippen LogP contribution is 2.26. The summed E-state index contributed by atoms with van der Waals surface area (Å²) in [5, 5.41) is 0. The lowest BCUT2D eigenvalue weighted by molar-refractivity contribution is -0.260. The molecule has 0 N–H and O–H groups in total. The van der Waals surface area contributed by atoms with Crippen molar-refractivity contribution in [3.05, 3.63) is 66.0 Å². The Morgan fingerprint density at radius 2 is 1.65 bits per heavy atom. The molecule has 0 radical (unpaired) electrons. The molecule has 8 heteroatoms. The molecule has 1 unspecified atom stereocenters. The van der Waals surface area contributed by atoms with Gasteiger partial charge in [0.15, 0.2) is 6.61 Å². The number of hydrogen-bond acceptors (Lipinski definition) is 5. The Kier molecular flexibility index (Phi) is 6.48. The zero-order chi connectivity index (χ0) is 21.7. The molecule has 0 saturated carbocycles. The van der Waals surface area contributed by atoms with Crippen LogP contribution in [0.15, 0.2) is 54.6 Å². The van der Waals surface area contributed by atoms with Gasteiger partial charge in [0.25, 0.3) is 11.8 Å². The first-order valence-electron chi connectivity index (χ1n) is 10.3. The number of para-hydroxylation sites is 1. The van der Waals surface area contributed by atoms with Gasteiger partial charge >= 0.3 is 0 Å². The standard InChI is InChI=1S/C23H25FN2O5/c24-20-10-5-4-9-19(20)22(28)26-12-14-31-23(17-26)16-25(11-6-13-30-23)21(27)15-29-18-7-2-1-3-8-18/h1-5,7-10H,6,11-17H2. The third-order valence-electron chi connectivity index (χ3n) is 5.38. The van der Waals surface area contributed by atoms with Crippen LogP contribution in [0.2, 0.25) is 0 Å². The van der Waals surface area contributed by atoms with Gasteiger partial charge in [0.2, 0.25) is 5.79 Å². The van der Waals surface area contributed by atoms with Crippen molar-refractivity contribution in [2.45, 2.75) is 12.2 Å². The monoisotopic (exact) mass is 428 g/mol. The molecule has 2 aromatic rings. The predicted octanol–water partition coefficient (Wildman–Crippen LogP) is 2.32. The second kappa shape index (κ2) is 9.45. The summed E-state index contributed by atoms with van der Waals surface area (Å²) in [5.74, 6) is -1.69. The average molecular weight is 428 g/mol. The molecular weight excluding hydrogens is 403 g/mol. The van der Waals surface area contributed by atoms with E-state index in [0.717, 1.165) is 0 Å². The van der Waals surface area contributed by atoms with E-state index in [1.165, 1.54) is 17.0 Å². The Morgan fingerprint density at radius 1 is 0.935 bits per heavy atom. The summed E-state index contributed by atoms with van der Waals surface area (Å²) in [4.78, 5) is 28.8. The highest BCUT2D eigenvalue weighted by Gasteiger charge is 2.43. The Balaban J connectivity index is 1.43. The van der Waals surface area contributed by atoms with E-state index in [2.05, 4.69) is 0 Å². The van der Waals surface area contributed by atoms with Crippen LogP contribution in [0.1, 0.15) is 16.8 Å². The van der Waals surface area contributed by atoms with Crippen LogP contribution in [0.25, 0.3) is 0 Å². The van der Waals surface area contributed by atoms with E-state index in [9.17, 15) is 14.0 Å². The summed E-state index contributed by atoms with van der Waals surface area (Å²) in [6, 6.07) is 15.0. The molecule has 2 heterocycles. The summed E-state index contributed by atoms with van der Waals surface area (Å²) in [6.45, 7) is 1.65. The Bertz CT molecular complexity index is 925. The molecular formula is C23H25FN2O5. The molecule has 0 aliphatic carbocycles. The van der Waals surface area contributed by atoms with Crippen LogP contribution in [0, 0.1) is 5.82 Å². The normalized spacial score (nSPS) is 21.6. The Morgan fingerprint density at radius 3 is 2.45 bits per heavy atom. The van der Waals surface area contributed by atoms with Crippen LogP contribution < -0.4 is 4.74 Å². The van der Waals surface area contributed by atoms with Gasteiger partial charge in [-0.2, -0.15) is 0 Å². The van der Waals surface area contributed by atoms with Gasteiger partial charge in [-0.1, -0.05) is 30.3 Å². The Hall–Kier alpha value is -2.97. The smallest absolute Gasteiger partial charge is 0.260 e. The first-order chi connectivity index (χ1) is 15.1. The van der Waals surface area contributed by atoms with Crippen LogP contribution in [-0.4, -0.2) is 73.4 Å². The van der Waals surface area contributed by atoms with E-state index < -0.39 is 17.5 Å². The van der Waals surface area contributed by atoms with E-state index in [1.807, 2.05) is 18.2 Å². The number of amides is 2. The Labute approximate surface area is 180 Å². The maximum atomic E-state index is 14.1. The summed E-state index contributed by atoms with van der Waals surface area (Å²) >= 11 is 0. The summed E-state index contributed by atoms with van der Waals surface area (Å²) in [5.41, 5.74) is 0.0114. The molecule has 2 aromatic carbocycles. The minimum atomic E-state index is -1.14. The number of carbonyl (C=O) groups excluding carboxylic acids is 2. The van der Waals surface area contributed by atoms with Crippen LogP contribution in [0.3, 0.4) is 0 Å². The fourth-order valence-electron chi connectivity index (χ4n) is 3.81. The molecule has 164 valence electrons. The fourth-order valence-corrected chi connectivity index (χ4v) is 3.81. The number of rotatable bonds is 4. The number of halogens is 1. The van der Waals surface area contributed by atoms with Crippen molar-refractivity contribution in [2.24, 2.45) is 0 Å². The van der Waals surface area contributed by atoms with Gasteiger partial charge in [-0.3, -0.25) is 9.59 Å². The molecule has 2 aliphatic heterocycles. The van der Waals surface area contributed by atoms with Gasteiger partial charge in [-0.15, -0.1) is 0 Å². The first kappa shape index (κ1) is 21.3. The number of hydrogen-bond donors (Lipinski definition) is 0. The topological polar surface area (TPSA) is 68.3 Å². The van der Waals surface area contributed by atoms with E-state index >= 15 is 0 Å². The SMILES string of the molecule is O=C(COc1ccccc1)N1CCCOC2(C1)CN(C(=O)c1ccccc1F)CCO2. The average Bonchev–Trinajstić information content (AvgIpc) is 3.00. The van der Waals surface area contributed by atoms with Crippen molar-refractivity contribution in [3.8, 4) is 5.75 Å². The number of benzene rings is 2. The van der Waals surface area contributed by atoms with E-state index in [1.54, 1.807) is 29.2 Å². The van der Waals surface area contributed by atoms with Gasteiger partial charge in [-0.25, -0.2) is 4.39 Å². The van der Waals surface area contributed by atoms with E-state index in [0.29, 0.717) is 31.9 Å². The molecule has 2 aliphatic rings. The number of morpholine rings is 1. The predicted molar refractivity (Wildman–Crippen MR) is 110 cm³/mol. The molecule has 0 aromatic heterocycles. The molecule has 31 heavy (non-hydrogen) atoms. The van der Waals surface area contributed by atoms with Crippen molar-refractivity contribution in [1.29, 1.82) is 0 Å². The van der Waals surface area contributed by atoms with Crippen LogP contribution in [0.5, 0.6) is 5.75 Å². The highest BCUT2D eigenvalue weighted by molar-refractivity contribution is 5.94. The quantitative estimate of drug-likeness (QED) is 0.748. The lowest BCUT2D eigenvalue weighted by Crippen LogP contribution is -2.60. The van der Waals surface area contributed by atoms with Gasteiger partial charge in [0.05, 0.1) is 31.9 Å². The summed E-state index contributed by atoms with van der Waals surface area (Å²) in [7, 11) is 0. The maximum absolute atomic E-state index is 14.1. The fraction of sp³-hybridized carbons (Fsp3) is 0.391. The van der Waals surface area contributed by atoms with E-state index in [4.69, 9.17) is 14.2 Å². The number of carbonyl (C=O) groups is 2. The zero-order valence-electron chi connectivity index (χ0n) is 17.2. The largest absolute Gasteiger partial charge is 0.484 e. The van der Waals surface area contributed by atoms with Crippen LogP contribution >= 0.6 is 0 Å². The summed E-state index contributed by atoms with van der Waals surface area (Å²) < 4.78 is 31.6. The molecule has 2 saturated heterocycles. The third kappa shape index (κ3) is 5.03. The van der Waals surface area contributed by atoms with Crippen molar-refractivity contribution >= 4 is 11.8 Å². The molecule has 7 nitrogen and oxygen atoms in total. The van der Waals surface area contributed by atoms with Gasteiger partial charge in [0, 0.05) is 13.1 Å². The molecule has 0 bridgehead atoms. The summed E-state index contributed by atoms with van der Waals surface area (Å²) in [6.07, 6.45) is 0.642. The second-order valence-electron chi connectivity index (χ2n) is 7.58. The maximum Gasteiger partial charge on any atom is 0.260 e. The zero-order valence-corrected chi connectivity index (χ0v) is 17.2. The van der Waals surface area contributed by atoms with Crippen LogP contribution in [0.4, 0.5) is 4.39 Å². The molecule has 4 rings (SSSR count). The van der Waals surface area contributed by atoms with E-state index in [-0.39, 0.29) is 37.8 Å². The lowest BCUT2D eigenvalue weighted by atomic mass is 10.1. The number of nitrogens with zero attached hydrogens (tertiary/aromatic N) is 2. The minimum absolute atomic E-state index is 0.0114.